The highest BCUT2D eigenvalue weighted by molar-refractivity contribution is 5.62. The fourth-order valence-corrected chi connectivity index (χ4v) is 2.89. The summed E-state index contributed by atoms with van der Waals surface area (Å²) in [4.78, 5) is 6.73. The maximum Gasteiger partial charge on any atom is 0.123 e. The van der Waals surface area contributed by atoms with Crippen molar-refractivity contribution in [2.24, 2.45) is 0 Å². The topological polar surface area (TPSA) is 44.8 Å². The van der Waals surface area contributed by atoms with Crippen LogP contribution < -0.4 is 0 Å². The van der Waals surface area contributed by atoms with Crippen LogP contribution in [0.15, 0.2) is 48.8 Å². The SMILES string of the molecule is Cc1ccnc(C[C@@H](C)N(C)Cc2cn[nH]c2-c2ccc(F)cc2)c1. The Hall–Kier alpha value is -2.53. The van der Waals surface area contributed by atoms with Crippen LogP contribution in [0.2, 0.25) is 0 Å². The van der Waals surface area contributed by atoms with Crippen molar-refractivity contribution in [3.63, 3.8) is 0 Å². The van der Waals surface area contributed by atoms with E-state index in [4.69, 9.17) is 0 Å². The van der Waals surface area contributed by atoms with Gasteiger partial charge < -0.3 is 0 Å². The lowest BCUT2D eigenvalue weighted by molar-refractivity contribution is 0.247. The molecule has 1 aromatic carbocycles. The number of aromatic amines is 1. The van der Waals surface area contributed by atoms with Crippen molar-refractivity contribution in [2.45, 2.75) is 32.9 Å². The maximum atomic E-state index is 13.1. The van der Waals surface area contributed by atoms with Gasteiger partial charge in [-0.3, -0.25) is 15.0 Å². The van der Waals surface area contributed by atoms with Crippen LogP contribution in [0.25, 0.3) is 11.3 Å². The van der Waals surface area contributed by atoms with Crippen LogP contribution >= 0.6 is 0 Å². The third-order valence-corrected chi connectivity index (χ3v) is 4.50. The monoisotopic (exact) mass is 338 g/mol. The average Bonchev–Trinajstić information content (AvgIpc) is 3.03. The van der Waals surface area contributed by atoms with Crippen LogP contribution in [-0.4, -0.2) is 33.2 Å². The molecule has 0 amide bonds. The predicted molar refractivity (Wildman–Crippen MR) is 97.6 cm³/mol. The van der Waals surface area contributed by atoms with E-state index in [2.05, 4.69) is 47.0 Å². The van der Waals surface area contributed by atoms with Gasteiger partial charge in [-0.05, 0) is 62.9 Å². The van der Waals surface area contributed by atoms with Crippen LogP contribution in [0, 0.1) is 12.7 Å². The minimum Gasteiger partial charge on any atom is -0.299 e. The lowest BCUT2D eigenvalue weighted by atomic mass is 10.1. The number of nitrogens with zero attached hydrogens (tertiary/aromatic N) is 3. The summed E-state index contributed by atoms with van der Waals surface area (Å²) in [5.41, 5.74) is 5.31. The first kappa shape index (κ1) is 17.3. The fourth-order valence-electron chi connectivity index (χ4n) is 2.89. The molecular formula is C20H23FN4. The molecule has 0 bridgehead atoms. The second-order valence-corrected chi connectivity index (χ2v) is 6.57. The van der Waals surface area contributed by atoms with Crippen LogP contribution in [-0.2, 0) is 13.0 Å². The number of benzene rings is 1. The first-order valence-corrected chi connectivity index (χ1v) is 8.43. The van der Waals surface area contributed by atoms with Crippen molar-refractivity contribution in [3.05, 3.63) is 71.4 Å². The summed E-state index contributed by atoms with van der Waals surface area (Å²) < 4.78 is 13.1. The molecule has 3 aromatic rings. The molecule has 0 spiro atoms. The van der Waals surface area contributed by atoms with E-state index in [0.29, 0.717) is 6.04 Å². The average molecular weight is 338 g/mol. The zero-order valence-corrected chi connectivity index (χ0v) is 14.8. The van der Waals surface area contributed by atoms with Crippen LogP contribution in [0.5, 0.6) is 0 Å². The molecule has 130 valence electrons. The smallest absolute Gasteiger partial charge is 0.123 e. The molecule has 0 aliphatic heterocycles. The molecule has 0 saturated heterocycles. The normalized spacial score (nSPS) is 12.5. The van der Waals surface area contributed by atoms with Crippen LogP contribution in [0.3, 0.4) is 0 Å². The van der Waals surface area contributed by atoms with Gasteiger partial charge in [0.2, 0.25) is 0 Å². The molecule has 1 N–H and O–H groups in total. The van der Waals surface area contributed by atoms with Gasteiger partial charge in [0.05, 0.1) is 11.9 Å². The Morgan fingerprint density at radius 2 is 1.96 bits per heavy atom. The third kappa shape index (κ3) is 4.31. The Morgan fingerprint density at radius 3 is 2.68 bits per heavy atom. The number of H-pyrrole nitrogens is 1. The first-order valence-electron chi connectivity index (χ1n) is 8.43. The molecule has 2 aromatic heterocycles. The molecule has 0 aliphatic carbocycles. The number of rotatable bonds is 6. The highest BCUT2D eigenvalue weighted by Gasteiger charge is 2.15. The number of pyridine rings is 1. The number of nitrogens with one attached hydrogen (secondary N) is 1. The van der Waals surface area contributed by atoms with E-state index in [1.807, 2.05) is 18.5 Å². The van der Waals surface area contributed by atoms with Gasteiger partial charge in [-0.1, -0.05) is 0 Å². The predicted octanol–water partition coefficient (Wildman–Crippen LogP) is 3.98. The molecule has 4 nitrogen and oxygen atoms in total. The van der Waals surface area contributed by atoms with E-state index in [9.17, 15) is 4.39 Å². The number of aryl methyl sites for hydroxylation is 1. The van der Waals surface area contributed by atoms with Crippen LogP contribution in [0.1, 0.15) is 23.7 Å². The number of halogens is 1. The highest BCUT2D eigenvalue weighted by atomic mass is 19.1. The molecule has 0 radical (unpaired) electrons. The fraction of sp³-hybridized carbons (Fsp3) is 0.300. The summed E-state index contributed by atoms with van der Waals surface area (Å²) in [6.45, 7) is 5.04. The van der Waals surface area contributed by atoms with Crippen molar-refractivity contribution in [3.8, 4) is 11.3 Å². The van der Waals surface area contributed by atoms with Crippen molar-refractivity contribution in [2.75, 3.05) is 7.05 Å². The van der Waals surface area contributed by atoms with Gasteiger partial charge in [0, 0.05) is 42.0 Å². The Labute approximate surface area is 147 Å². The van der Waals surface area contributed by atoms with Gasteiger partial charge in [-0.2, -0.15) is 5.10 Å². The Balaban J connectivity index is 1.70. The zero-order chi connectivity index (χ0) is 17.8. The van der Waals surface area contributed by atoms with E-state index < -0.39 is 0 Å². The molecule has 5 heteroatoms. The molecule has 3 rings (SSSR count). The molecule has 1 atom stereocenters. The quantitative estimate of drug-likeness (QED) is 0.739. The van der Waals surface area contributed by atoms with Gasteiger partial charge >= 0.3 is 0 Å². The minimum absolute atomic E-state index is 0.235. The van der Waals surface area contributed by atoms with E-state index in [1.165, 1.54) is 17.7 Å². The maximum absolute atomic E-state index is 13.1. The Morgan fingerprint density at radius 1 is 1.20 bits per heavy atom. The van der Waals surface area contributed by atoms with Crippen molar-refractivity contribution in [1.82, 2.24) is 20.1 Å². The van der Waals surface area contributed by atoms with Gasteiger partial charge in [0.1, 0.15) is 5.82 Å². The van der Waals surface area contributed by atoms with Gasteiger partial charge in [0.15, 0.2) is 0 Å². The largest absolute Gasteiger partial charge is 0.299 e. The van der Waals surface area contributed by atoms with Crippen LogP contribution in [0.4, 0.5) is 4.39 Å². The third-order valence-electron chi connectivity index (χ3n) is 4.50. The summed E-state index contributed by atoms with van der Waals surface area (Å²) in [7, 11) is 2.10. The molecule has 2 heterocycles. The Kier molecular flexibility index (Phi) is 5.24. The molecular weight excluding hydrogens is 315 g/mol. The number of aromatic nitrogens is 3. The highest BCUT2D eigenvalue weighted by Crippen LogP contribution is 2.23. The summed E-state index contributed by atoms with van der Waals surface area (Å²) in [5, 5.41) is 7.20. The van der Waals surface area contributed by atoms with Crippen molar-refractivity contribution >= 4 is 0 Å². The molecule has 0 saturated carbocycles. The number of hydrogen-bond acceptors (Lipinski definition) is 3. The summed E-state index contributed by atoms with van der Waals surface area (Å²) in [6.07, 6.45) is 4.59. The van der Waals surface area contributed by atoms with Gasteiger partial charge in [-0.25, -0.2) is 4.39 Å². The lowest BCUT2D eigenvalue weighted by Crippen LogP contribution is -2.30. The molecule has 0 unspecified atom stereocenters. The zero-order valence-electron chi connectivity index (χ0n) is 14.8. The van der Waals surface area contributed by atoms with E-state index >= 15 is 0 Å². The van der Waals surface area contributed by atoms with E-state index in [1.54, 1.807) is 12.1 Å². The van der Waals surface area contributed by atoms with Gasteiger partial charge in [0.25, 0.3) is 0 Å². The number of hydrogen-bond donors (Lipinski definition) is 1. The van der Waals surface area contributed by atoms with Crippen molar-refractivity contribution < 1.29 is 4.39 Å². The van der Waals surface area contributed by atoms with E-state index in [-0.39, 0.29) is 5.82 Å². The standard InChI is InChI=1S/C20H23FN4/c1-14-8-9-22-19(10-14)11-15(2)25(3)13-17-12-23-24-20(17)16-4-6-18(21)7-5-16/h4-10,12,15H,11,13H2,1-3H3,(H,23,24)/t15-/m1/s1. The second kappa shape index (κ2) is 7.57. The molecule has 25 heavy (non-hydrogen) atoms. The first-order chi connectivity index (χ1) is 12.0. The number of likely N-dealkylation sites (N-methyl/N-ethyl adjacent to an activating group) is 1. The summed E-state index contributed by atoms with van der Waals surface area (Å²) in [6, 6.07) is 11.0. The molecule has 0 fully saturated rings. The van der Waals surface area contributed by atoms with Gasteiger partial charge in [-0.15, -0.1) is 0 Å². The molecule has 0 aliphatic rings. The van der Waals surface area contributed by atoms with E-state index in [0.717, 1.165) is 35.5 Å². The minimum atomic E-state index is -0.235. The Bertz CT molecular complexity index is 826. The summed E-state index contributed by atoms with van der Waals surface area (Å²) >= 11 is 0. The summed E-state index contributed by atoms with van der Waals surface area (Å²) in [5.74, 6) is -0.235. The lowest BCUT2D eigenvalue weighted by Gasteiger charge is -2.24. The second-order valence-electron chi connectivity index (χ2n) is 6.57. The van der Waals surface area contributed by atoms with Crippen molar-refractivity contribution in [1.29, 1.82) is 0 Å².